The largest absolute Gasteiger partial charge is 0.597 e. The molecule has 0 aliphatic heterocycles. The molecule has 0 bridgehead atoms. The molecule has 0 spiro atoms. The minimum absolute atomic E-state index is 0.0283. The summed E-state index contributed by atoms with van der Waals surface area (Å²) in [6.07, 6.45) is 0. The molecule has 5 nitrogen and oxygen atoms in total. The van der Waals surface area contributed by atoms with E-state index in [1.54, 1.807) is 31.4 Å². The van der Waals surface area contributed by atoms with E-state index in [1.807, 2.05) is 0 Å². The molecule has 0 heterocycles. The van der Waals surface area contributed by atoms with Crippen molar-refractivity contribution >= 4 is 0 Å². The smallest absolute Gasteiger partial charge is 0.209 e. The summed E-state index contributed by atoms with van der Waals surface area (Å²) in [7, 11) is 1.57. The molecule has 0 amide bonds. The van der Waals surface area contributed by atoms with E-state index in [0.29, 0.717) is 0 Å². The zero-order valence-corrected chi connectivity index (χ0v) is 7.17. The molecule has 0 saturated heterocycles. The van der Waals surface area contributed by atoms with E-state index < -0.39 is 0 Å². The average Bonchev–Trinajstić information content (AvgIpc) is 2.19. The summed E-state index contributed by atoms with van der Waals surface area (Å²) in [5.74, 6) is 0.724. The third kappa shape index (κ3) is 2.62. The number of benzene rings is 1. The van der Waals surface area contributed by atoms with Crippen molar-refractivity contribution in [3.05, 3.63) is 35.0 Å². The van der Waals surface area contributed by atoms with Gasteiger partial charge >= 0.3 is 0 Å². The van der Waals surface area contributed by atoms with Crippen molar-refractivity contribution in [2.75, 3.05) is 7.11 Å². The van der Waals surface area contributed by atoms with Crippen molar-refractivity contribution < 1.29 is 14.8 Å². The van der Waals surface area contributed by atoms with Gasteiger partial charge in [-0.3, -0.25) is 0 Å². The molecule has 5 heteroatoms. The Morgan fingerprint density at radius 3 is 2.54 bits per heavy atom. The molecular formula is C8H10N2O3. The Morgan fingerprint density at radius 2 is 2.08 bits per heavy atom. The molecule has 0 unspecified atom stereocenters. The molecule has 13 heavy (non-hydrogen) atoms. The van der Waals surface area contributed by atoms with E-state index in [1.165, 1.54) is 0 Å². The maximum Gasteiger partial charge on any atom is 0.209 e. The summed E-state index contributed by atoms with van der Waals surface area (Å²) in [5, 5.41) is 21.2. The van der Waals surface area contributed by atoms with Gasteiger partial charge in [0, 0.05) is 5.56 Å². The molecule has 0 atom stereocenters. The maximum absolute atomic E-state index is 10.6. The SMILES string of the molecule is COc1ccc(C/[N+]([O-])=N\O)cc1. The normalized spacial score (nSPS) is 11.3. The molecule has 0 fully saturated rings. The standard InChI is InChI=1S/C8H10N2O3/c1-13-8-4-2-7(3-5-8)6-10(12)9-11/h2-5,11H,6H2,1H3/b10-9+. The Labute approximate surface area is 75.4 Å². The number of hydrogen-bond acceptors (Lipinski definition) is 3. The predicted octanol–water partition coefficient (Wildman–Crippen LogP) is 1.55. The second-order valence-corrected chi connectivity index (χ2v) is 2.45. The van der Waals surface area contributed by atoms with Gasteiger partial charge in [0.1, 0.15) is 5.75 Å². The fourth-order valence-corrected chi connectivity index (χ4v) is 0.919. The number of hydrogen-bond donors (Lipinski definition) is 1. The van der Waals surface area contributed by atoms with Crippen LogP contribution in [0.2, 0.25) is 0 Å². The van der Waals surface area contributed by atoms with Crippen molar-refractivity contribution in [1.82, 2.24) is 0 Å². The summed E-state index contributed by atoms with van der Waals surface area (Å²) in [4.78, 5) is 0.196. The molecule has 1 N–H and O–H groups in total. The van der Waals surface area contributed by atoms with Gasteiger partial charge in [0.2, 0.25) is 6.54 Å². The van der Waals surface area contributed by atoms with Gasteiger partial charge in [0.25, 0.3) is 0 Å². The van der Waals surface area contributed by atoms with Crippen LogP contribution in [-0.2, 0) is 6.54 Å². The highest BCUT2D eigenvalue weighted by Crippen LogP contribution is 2.11. The van der Waals surface area contributed by atoms with Crippen molar-refractivity contribution in [1.29, 1.82) is 0 Å². The molecule has 0 aromatic heterocycles. The molecular weight excluding hydrogens is 172 g/mol. The third-order valence-electron chi connectivity index (χ3n) is 1.58. The molecule has 1 rings (SSSR count). The second-order valence-electron chi connectivity index (χ2n) is 2.45. The van der Waals surface area contributed by atoms with Gasteiger partial charge in [-0.2, -0.15) is 0 Å². The average molecular weight is 182 g/mol. The zero-order valence-electron chi connectivity index (χ0n) is 7.17. The number of ether oxygens (including phenoxy) is 1. The van der Waals surface area contributed by atoms with E-state index in [0.717, 1.165) is 11.3 Å². The van der Waals surface area contributed by atoms with Crippen LogP contribution in [0.5, 0.6) is 5.75 Å². The first-order valence-electron chi connectivity index (χ1n) is 3.69. The third-order valence-corrected chi connectivity index (χ3v) is 1.58. The fraction of sp³-hybridized carbons (Fsp3) is 0.250. The van der Waals surface area contributed by atoms with Crippen LogP contribution < -0.4 is 4.74 Å². The Kier molecular flexibility index (Phi) is 3.08. The zero-order chi connectivity index (χ0) is 9.68. The second kappa shape index (κ2) is 4.30. The van der Waals surface area contributed by atoms with Crippen LogP contribution in [0, 0.1) is 5.21 Å². The molecule has 0 aliphatic carbocycles. The van der Waals surface area contributed by atoms with Crippen LogP contribution in [0.3, 0.4) is 0 Å². The Bertz CT molecular complexity index is 295. The molecule has 0 saturated carbocycles. The van der Waals surface area contributed by atoms with Crippen molar-refractivity contribution in [2.24, 2.45) is 5.28 Å². The summed E-state index contributed by atoms with van der Waals surface area (Å²) in [5.41, 5.74) is 0.758. The highest BCUT2D eigenvalue weighted by Gasteiger charge is 1.99. The van der Waals surface area contributed by atoms with Crippen LogP contribution in [0.25, 0.3) is 0 Å². The number of nitrogens with zero attached hydrogens (tertiary/aromatic N) is 2. The molecule has 0 radical (unpaired) electrons. The van der Waals surface area contributed by atoms with Crippen LogP contribution in [-0.4, -0.2) is 17.2 Å². The minimum atomic E-state index is 0.0283. The lowest BCUT2D eigenvalue weighted by Crippen LogP contribution is -1.99. The first kappa shape index (κ1) is 9.31. The molecule has 1 aromatic rings. The lowest BCUT2D eigenvalue weighted by atomic mass is 10.2. The van der Waals surface area contributed by atoms with E-state index >= 15 is 0 Å². The molecule has 70 valence electrons. The Balaban J connectivity index is 2.69. The number of methoxy groups -OCH3 is 1. The van der Waals surface area contributed by atoms with E-state index in [2.05, 4.69) is 5.28 Å². The van der Waals surface area contributed by atoms with Crippen molar-refractivity contribution in [3.8, 4) is 5.75 Å². The Morgan fingerprint density at radius 1 is 1.46 bits per heavy atom. The minimum Gasteiger partial charge on any atom is -0.597 e. The summed E-state index contributed by atoms with van der Waals surface area (Å²) >= 11 is 0. The van der Waals surface area contributed by atoms with E-state index in [9.17, 15) is 5.21 Å². The van der Waals surface area contributed by atoms with Crippen LogP contribution in [0.15, 0.2) is 29.5 Å². The van der Waals surface area contributed by atoms with Crippen LogP contribution in [0.4, 0.5) is 0 Å². The molecule has 1 aromatic carbocycles. The van der Waals surface area contributed by atoms with Gasteiger partial charge in [0.05, 0.1) is 7.11 Å². The fourth-order valence-electron chi connectivity index (χ4n) is 0.919. The summed E-state index contributed by atoms with van der Waals surface area (Å²) in [6.45, 7) is 0.0283. The van der Waals surface area contributed by atoms with Crippen molar-refractivity contribution in [3.63, 3.8) is 0 Å². The van der Waals surface area contributed by atoms with Gasteiger partial charge in [-0.15, -0.1) is 0 Å². The van der Waals surface area contributed by atoms with Gasteiger partial charge in [-0.25, -0.2) is 0 Å². The predicted molar refractivity (Wildman–Crippen MR) is 44.5 cm³/mol. The van der Waals surface area contributed by atoms with Crippen LogP contribution in [0.1, 0.15) is 5.56 Å². The van der Waals surface area contributed by atoms with Crippen molar-refractivity contribution in [2.45, 2.75) is 6.54 Å². The first-order chi connectivity index (χ1) is 6.26. The lowest BCUT2D eigenvalue weighted by molar-refractivity contribution is -0.570. The first-order valence-corrected chi connectivity index (χ1v) is 3.69. The maximum atomic E-state index is 10.6. The number of hydroxylamine groups is 1. The monoisotopic (exact) mass is 182 g/mol. The van der Waals surface area contributed by atoms with Gasteiger partial charge in [0.15, 0.2) is 5.28 Å². The van der Waals surface area contributed by atoms with E-state index in [4.69, 9.17) is 9.94 Å². The van der Waals surface area contributed by atoms with Crippen LogP contribution >= 0.6 is 0 Å². The Hall–Kier alpha value is -1.78. The topological polar surface area (TPSA) is 67.9 Å². The molecule has 0 aliphatic rings. The summed E-state index contributed by atoms with van der Waals surface area (Å²) < 4.78 is 4.94. The van der Waals surface area contributed by atoms with Gasteiger partial charge in [-0.1, -0.05) is 4.86 Å². The lowest BCUT2D eigenvalue weighted by Gasteiger charge is -2.01. The van der Waals surface area contributed by atoms with E-state index in [-0.39, 0.29) is 11.4 Å². The van der Waals surface area contributed by atoms with Gasteiger partial charge in [-0.05, 0) is 24.3 Å². The number of rotatable bonds is 3. The highest BCUT2D eigenvalue weighted by molar-refractivity contribution is 5.26. The summed E-state index contributed by atoms with van der Waals surface area (Å²) in [6, 6.07) is 6.94. The quantitative estimate of drug-likeness (QED) is 0.438. The highest BCUT2D eigenvalue weighted by atomic mass is 16.6. The van der Waals surface area contributed by atoms with Gasteiger partial charge < -0.3 is 15.2 Å².